The second-order valence-electron chi connectivity index (χ2n) is 3.96. The van der Waals surface area contributed by atoms with Gasteiger partial charge in [-0.3, -0.25) is 0 Å². The number of terminal acetylenes is 1. The van der Waals surface area contributed by atoms with Gasteiger partial charge in [-0.2, -0.15) is 0 Å². The Morgan fingerprint density at radius 3 is 2.67 bits per heavy atom. The summed E-state index contributed by atoms with van der Waals surface area (Å²) >= 11 is 0. The van der Waals surface area contributed by atoms with E-state index in [9.17, 15) is 4.79 Å². The molecule has 0 saturated carbocycles. The summed E-state index contributed by atoms with van der Waals surface area (Å²) in [6.45, 7) is 5.71. The van der Waals surface area contributed by atoms with Crippen molar-refractivity contribution in [3.05, 3.63) is 48.0 Å². The van der Waals surface area contributed by atoms with Crippen LogP contribution < -0.4 is 0 Å². The molecule has 0 amide bonds. The van der Waals surface area contributed by atoms with E-state index in [0.717, 1.165) is 11.1 Å². The van der Waals surface area contributed by atoms with Gasteiger partial charge in [-0.05, 0) is 12.5 Å². The highest BCUT2D eigenvalue weighted by Crippen LogP contribution is 2.08. The zero-order chi connectivity index (χ0) is 13.4. The topological polar surface area (TPSA) is 35.5 Å². The molecule has 0 heterocycles. The van der Waals surface area contributed by atoms with E-state index in [1.165, 1.54) is 0 Å². The van der Waals surface area contributed by atoms with Crippen LogP contribution in [-0.4, -0.2) is 12.3 Å². The molecule has 3 nitrogen and oxygen atoms in total. The predicted molar refractivity (Wildman–Crippen MR) is 69.8 cm³/mol. The van der Waals surface area contributed by atoms with Gasteiger partial charge in [0.05, 0.1) is 0 Å². The molecular weight excluding hydrogens is 228 g/mol. The minimum absolute atomic E-state index is 0.171. The van der Waals surface area contributed by atoms with E-state index >= 15 is 0 Å². The van der Waals surface area contributed by atoms with Crippen LogP contribution in [0.15, 0.2) is 42.5 Å². The molecule has 0 spiro atoms. The van der Waals surface area contributed by atoms with Gasteiger partial charge in [0.15, 0.2) is 6.10 Å². The lowest BCUT2D eigenvalue weighted by Gasteiger charge is -2.12. The van der Waals surface area contributed by atoms with E-state index in [2.05, 4.69) is 12.5 Å². The Hall–Kier alpha value is -2.21. The highest BCUT2D eigenvalue weighted by molar-refractivity contribution is 5.60. The molecule has 18 heavy (non-hydrogen) atoms. The quantitative estimate of drug-likeness (QED) is 0.453. The molecule has 1 aromatic rings. The number of hydrogen-bond donors (Lipinski definition) is 0. The van der Waals surface area contributed by atoms with Crippen molar-refractivity contribution < 1.29 is 14.3 Å². The second-order valence-corrected chi connectivity index (χ2v) is 3.96. The maximum absolute atomic E-state index is 11.4. The summed E-state index contributed by atoms with van der Waals surface area (Å²) < 4.78 is 9.93. The smallest absolute Gasteiger partial charge is 0.429 e. The van der Waals surface area contributed by atoms with Crippen LogP contribution in [0, 0.1) is 12.3 Å². The first-order valence-corrected chi connectivity index (χ1v) is 5.59. The molecule has 1 rings (SSSR count). The van der Waals surface area contributed by atoms with Gasteiger partial charge >= 0.3 is 6.16 Å². The highest BCUT2D eigenvalue weighted by atomic mass is 16.7. The predicted octanol–water partition coefficient (Wildman–Crippen LogP) is 3.31. The Labute approximate surface area is 107 Å². The average molecular weight is 244 g/mol. The summed E-state index contributed by atoms with van der Waals surface area (Å²) in [5, 5.41) is 0. The van der Waals surface area contributed by atoms with Crippen molar-refractivity contribution in [2.45, 2.75) is 26.1 Å². The van der Waals surface area contributed by atoms with Gasteiger partial charge in [0.1, 0.15) is 6.61 Å². The molecule has 0 fully saturated rings. The standard InChI is InChI=1S/C15H16O3/c1-4-14(10-12(2)3)18-15(16)17-11-13-8-6-5-7-9-13/h1,5-9,14H,2,10-11H2,3H3. The molecule has 0 N–H and O–H groups in total. The number of hydrogen-bond acceptors (Lipinski definition) is 3. The van der Waals surface area contributed by atoms with Crippen molar-refractivity contribution in [1.82, 2.24) is 0 Å². The number of carbonyl (C=O) groups excluding carboxylic acids is 1. The van der Waals surface area contributed by atoms with E-state index in [4.69, 9.17) is 15.9 Å². The van der Waals surface area contributed by atoms with Crippen LogP contribution in [0.3, 0.4) is 0 Å². The minimum atomic E-state index is -0.761. The summed E-state index contributed by atoms with van der Waals surface area (Å²) in [6.07, 6.45) is 4.31. The van der Waals surface area contributed by atoms with Crippen LogP contribution >= 0.6 is 0 Å². The molecule has 0 aliphatic rings. The molecule has 94 valence electrons. The molecule has 0 bridgehead atoms. The van der Waals surface area contributed by atoms with Crippen molar-refractivity contribution in [2.24, 2.45) is 0 Å². The molecule has 0 aliphatic heterocycles. The average Bonchev–Trinajstić information content (AvgIpc) is 2.36. The molecule has 0 aromatic heterocycles. The van der Waals surface area contributed by atoms with Crippen molar-refractivity contribution in [2.75, 3.05) is 0 Å². The summed E-state index contributed by atoms with van der Waals surface area (Å²) in [6, 6.07) is 9.35. The Bertz CT molecular complexity index is 443. The van der Waals surface area contributed by atoms with E-state index in [1.54, 1.807) is 0 Å². The van der Waals surface area contributed by atoms with Crippen molar-refractivity contribution in [1.29, 1.82) is 0 Å². The third kappa shape index (κ3) is 5.22. The third-order valence-electron chi connectivity index (χ3n) is 2.16. The number of rotatable bonds is 5. The highest BCUT2D eigenvalue weighted by Gasteiger charge is 2.13. The molecule has 0 radical (unpaired) electrons. The minimum Gasteiger partial charge on any atom is -0.429 e. The van der Waals surface area contributed by atoms with Crippen LogP contribution in [0.2, 0.25) is 0 Å². The zero-order valence-electron chi connectivity index (χ0n) is 10.4. The summed E-state index contributed by atoms with van der Waals surface area (Å²) in [5.41, 5.74) is 1.75. The lowest BCUT2D eigenvalue weighted by molar-refractivity contribution is 0.0350. The van der Waals surface area contributed by atoms with Crippen LogP contribution in [0.25, 0.3) is 0 Å². The van der Waals surface area contributed by atoms with E-state index < -0.39 is 12.3 Å². The molecule has 1 atom stereocenters. The van der Waals surface area contributed by atoms with Crippen LogP contribution in [0.4, 0.5) is 4.79 Å². The van der Waals surface area contributed by atoms with Gasteiger partial charge in [-0.25, -0.2) is 4.79 Å². The number of benzene rings is 1. The van der Waals surface area contributed by atoms with Gasteiger partial charge in [0.2, 0.25) is 0 Å². The summed E-state index contributed by atoms with van der Waals surface area (Å²) in [5.74, 6) is 2.38. The largest absolute Gasteiger partial charge is 0.509 e. The first-order chi connectivity index (χ1) is 8.61. The normalized spacial score (nSPS) is 11.1. The zero-order valence-corrected chi connectivity index (χ0v) is 10.4. The monoisotopic (exact) mass is 244 g/mol. The lowest BCUT2D eigenvalue weighted by atomic mass is 10.1. The molecule has 3 heteroatoms. The number of carbonyl (C=O) groups is 1. The Morgan fingerprint density at radius 1 is 1.44 bits per heavy atom. The van der Waals surface area contributed by atoms with Crippen molar-refractivity contribution >= 4 is 6.16 Å². The van der Waals surface area contributed by atoms with Crippen molar-refractivity contribution in [3.8, 4) is 12.3 Å². The molecule has 0 aliphatic carbocycles. The lowest BCUT2D eigenvalue weighted by Crippen LogP contribution is -2.17. The van der Waals surface area contributed by atoms with Crippen LogP contribution in [0.1, 0.15) is 18.9 Å². The van der Waals surface area contributed by atoms with Crippen LogP contribution in [-0.2, 0) is 16.1 Å². The maximum atomic E-state index is 11.4. The van der Waals surface area contributed by atoms with Gasteiger partial charge in [-0.15, -0.1) is 6.42 Å². The van der Waals surface area contributed by atoms with E-state index in [1.807, 2.05) is 37.3 Å². The first kappa shape index (κ1) is 13.9. The van der Waals surface area contributed by atoms with Crippen molar-refractivity contribution in [3.63, 3.8) is 0 Å². The Balaban J connectivity index is 2.37. The van der Waals surface area contributed by atoms with E-state index in [-0.39, 0.29) is 6.61 Å². The SMILES string of the molecule is C#CC(CC(=C)C)OC(=O)OCc1ccccc1. The van der Waals surface area contributed by atoms with Gasteiger partial charge in [0.25, 0.3) is 0 Å². The fourth-order valence-corrected chi connectivity index (χ4v) is 1.32. The second kappa shape index (κ2) is 7.18. The fourth-order valence-electron chi connectivity index (χ4n) is 1.32. The van der Waals surface area contributed by atoms with Gasteiger partial charge in [0, 0.05) is 6.42 Å². The number of ether oxygens (including phenoxy) is 2. The van der Waals surface area contributed by atoms with E-state index in [0.29, 0.717) is 6.42 Å². The molecule has 1 unspecified atom stereocenters. The summed E-state index contributed by atoms with van der Waals surface area (Å²) in [7, 11) is 0. The molecule has 0 saturated heterocycles. The Morgan fingerprint density at radius 2 is 2.11 bits per heavy atom. The molecular formula is C15H16O3. The third-order valence-corrected chi connectivity index (χ3v) is 2.16. The van der Waals surface area contributed by atoms with Crippen LogP contribution in [0.5, 0.6) is 0 Å². The van der Waals surface area contributed by atoms with Gasteiger partial charge in [-0.1, -0.05) is 48.4 Å². The molecule has 1 aromatic carbocycles. The maximum Gasteiger partial charge on any atom is 0.509 e. The Kier molecular flexibility index (Phi) is 5.53. The summed E-state index contributed by atoms with van der Waals surface area (Å²) in [4.78, 5) is 11.4. The first-order valence-electron chi connectivity index (χ1n) is 5.59. The van der Waals surface area contributed by atoms with Gasteiger partial charge < -0.3 is 9.47 Å². The fraction of sp³-hybridized carbons (Fsp3) is 0.267.